The number of nitrogens with one attached hydrogen (secondary N) is 2. The van der Waals surface area contributed by atoms with Crippen LogP contribution in [0.3, 0.4) is 0 Å². The first-order valence-electron chi connectivity index (χ1n) is 9.74. The predicted molar refractivity (Wildman–Crippen MR) is 97.7 cm³/mol. The number of likely N-dealkylation sites (tertiary alicyclic amines) is 1. The highest BCUT2D eigenvalue weighted by atomic mass is 16.4. The first kappa shape index (κ1) is 20.0. The van der Waals surface area contributed by atoms with Crippen molar-refractivity contribution in [1.29, 1.82) is 0 Å². The first-order valence-corrected chi connectivity index (χ1v) is 9.74. The lowest BCUT2D eigenvalue weighted by molar-refractivity contribution is -0.139. The van der Waals surface area contributed by atoms with E-state index in [1.54, 1.807) is 0 Å². The van der Waals surface area contributed by atoms with Gasteiger partial charge in [-0.1, -0.05) is 13.8 Å². The molecule has 2 fully saturated rings. The van der Waals surface area contributed by atoms with Crippen molar-refractivity contribution in [2.75, 3.05) is 39.3 Å². The zero-order chi connectivity index (χ0) is 18.2. The van der Waals surface area contributed by atoms with Gasteiger partial charge in [0, 0.05) is 18.6 Å². The molecule has 25 heavy (non-hydrogen) atoms. The Kier molecular flexibility index (Phi) is 7.96. The summed E-state index contributed by atoms with van der Waals surface area (Å²) in [7, 11) is 0. The Bertz CT molecular complexity index is 432. The standard InChI is InChI=1S/C18H34N4O3/c1-3-7-21-8-5-14(6-9-21)12-19-18(25)20-15-10-16(11-15)22(4-2)13-17(23)24/h14-16H,3-13H2,1-2H3,(H,23,24)(H2,19,20,25). The molecular weight excluding hydrogens is 320 g/mol. The average Bonchev–Trinajstić information content (AvgIpc) is 2.55. The number of amides is 2. The fourth-order valence-electron chi connectivity index (χ4n) is 3.88. The quantitative estimate of drug-likeness (QED) is 0.582. The van der Waals surface area contributed by atoms with Gasteiger partial charge >= 0.3 is 12.0 Å². The van der Waals surface area contributed by atoms with E-state index in [9.17, 15) is 9.59 Å². The molecule has 7 nitrogen and oxygen atoms in total. The van der Waals surface area contributed by atoms with Crippen molar-refractivity contribution in [2.24, 2.45) is 5.92 Å². The van der Waals surface area contributed by atoms with Gasteiger partial charge in [0.05, 0.1) is 6.54 Å². The van der Waals surface area contributed by atoms with Gasteiger partial charge in [-0.15, -0.1) is 0 Å². The van der Waals surface area contributed by atoms with Gasteiger partial charge in [0.25, 0.3) is 0 Å². The minimum absolute atomic E-state index is 0.0802. The Morgan fingerprint density at radius 3 is 2.44 bits per heavy atom. The second kappa shape index (κ2) is 9.97. The molecule has 1 saturated carbocycles. The fourth-order valence-corrected chi connectivity index (χ4v) is 3.88. The number of carbonyl (C=O) groups is 2. The molecule has 0 unspecified atom stereocenters. The van der Waals surface area contributed by atoms with E-state index in [1.165, 1.54) is 13.0 Å². The normalized spacial score (nSPS) is 24.8. The van der Waals surface area contributed by atoms with Crippen LogP contribution >= 0.6 is 0 Å². The van der Waals surface area contributed by atoms with Gasteiger partial charge in [-0.05, 0) is 64.2 Å². The first-order chi connectivity index (χ1) is 12.0. The summed E-state index contributed by atoms with van der Waals surface area (Å²) in [5.41, 5.74) is 0. The molecule has 2 aliphatic rings. The highest BCUT2D eigenvalue weighted by Gasteiger charge is 2.34. The van der Waals surface area contributed by atoms with Crippen molar-refractivity contribution in [3.8, 4) is 0 Å². The van der Waals surface area contributed by atoms with Crippen LogP contribution in [0.25, 0.3) is 0 Å². The van der Waals surface area contributed by atoms with Crippen molar-refractivity contribution in [3.05, 3.63) is 0 Å². The van der Waals surface area contributed by atoms with E-state index < -0.39 is 5.97 Å². The predicted octanol–water partition coefficient (Wildman–Crippen LogP) is 1.35. The van der Waals surface area contributed by atoms with Crippen molar-refractivity contribution in [3.63, 3.8) is 0 Å². The van der Waals surface area contributed by atoms with Gasteiger partial charge in [0.2, 0.25) is 0 Å². The third-order valence-electron chi connectivity index (χ3n) is 5.51. The lowest BCUT2D eigenvalue weighted by atomic mass is 9.85. The van der Waals surface area contributed by atoms with Crippen LogP contribution in [0.15, 0.2) is 0 Å². The Labute approximate surface area is 151 Å². The van der Waals surface area contributed by atoms with Gasteiger partial charge in [0.15, 0.2) is 0 Å². The minimum atomic E-state index is -0.791. The molecular formula is C18H34N4O3. The van der Waals surface area contributed by atoms with E-state index in [0.29, 0.717) is 5.92 Å². The highest BCUT2D eigenvalue weighted by molar-refractivity contribution is 5.74. The Morgan fingerprint density at radius 1 is 1.20 bits per heavy atom. The number of rotatable bonds is 9. The van der Waals surface area contributed by atoms with Crippen molar-refractivity contribution < 1.29 is 14.7 Å². The van der Waals surface area contributed by atoms with Crippen molar-refractivity contribution >= 4 is 12.0 Å². The van der Waals surface area contributed by atoms with Crippen LogP contribution < -0.4 is 10.6 Å². The summed E-state index contributed by atoms with van der Waals surface area (Å²) < 4.78 is 0. The number of hydrogen-bond acceptors (Lipinski definition) is 4. The van der Waals surface area contributed by atoms with Gasteiger partial charge in [-0.2, -0.15) is 0 Å². The lowest BCUT2D eigenvalue weighted by Crippen LogP contribution is -2.56. The van der Waals surface area contributed by atoms with E-state index in [0.717, 1.165) is 51.9 Å². The molecule has 3 N–H and O–H groups in total. The zero-order valence-corrected chi connectivity index (χ0v) is 15.7. The molecule has 0 aromatic rings. The second-order valence-electron chi connectivity index (χ2n) is 7.42. The summed E-state index contributed by atoms with van der Waals surface area (Å²) in [6.07, 6.45) is 5.20. The van der Waals surface area contributed by atoms with Gasteiger partial charge in [-0.3, -0.25) is 9.69 Å². The number of piperidine rings is 1. The molecule has 1 aliphatic carbocycles. The van der Waals surface area contributed by atoms with E-state index in [-0.39, 0.29) is 24.7 Å². The van der Waals surface area contributed by atoms with E-state index in [1.807, 2.05) is 11.8 Å². The summed E-state index contributed by atoms with van der Waals surface area (Å²) in [6.45, 7) is 9.21. The molecule has 0 aromatic carbocycles. The van der Waals surface area contributed by atoms with Crippen LogP contribution in [0, 0.1) is 5.92 Å². The van der Waals surface area contributed by atoms with Crippen LogP contribution in [0.4, 0.5) is 4.79 Å². The molecule has 1 heterocycles. The maximum Gasteiger partial charge on any atom is 0.317 e. The topological polar surface area (TPSA) is 84.9 Å². The van der Waals surface area contributed by atoms with Crippen molar-refractivity contribution in [2.45, 2.75) is 58.0 Å². The third kappa shape index (κ3) is 6.47. The highest BCUT2D eigenvalue weighted by Crippen LogP contribution is 2.25. The number of hydrogen-bond donors (Lipinski definition) is 3. The number of carboxylic acid groups (broad SMARTS) is 1. The molecule has 1 aliphatic heterocycles. The maximum absolute atomic E-state index is 12.0. The summed E-state index contributed by atoms with van der Waals surface area (Å²) in [5.74, 6) is -0.208. The van der Waals surface area contributed by atoms with E-state index in [2.05, 4.69) is 22.5 Å². The van der Waals surface area contributed by atoms with Crippen LogP contribution in [0.5, 0.6) is 0 Å². The molecule has 0 bridgehead atoms. The number of urea groups is 1. The number of aliphatic carboxylic acids is 1. The van der Waals surface area contributed by atoms with Crippen molar-refractivity contribution in [1.82, 2.24) is 20.4 Å². The molecule has 7 heteroatoms. The van der Waals surface area contributed by atoms with Crippen LogP contribution in [0.2, 0.25) is 0 Å². The molecule has 2 rings (SSSR count). The van der Waals surface area contributed by atoms with Gasteiger partial charge in [-0.25, -0.2) is 4.79 Å². The molecule has 1 saturated heterocycles. The van der Waals surface area contributed by atoms with Crippen LogP contribution in [-0.2, 0) is 4.79 Å². The Morgan fingerprint density at radius 2 is 1.88 bits per heavy atom. The number of carbonyl (C=O) groups excluding carboxylic acids is 1. The fraction of sp³-hybridized carbons (Fsp3) is 0.889. The average molecular weight is 354 g/mol. The lowest BCUT2D eigenvalue weighted by Gasteiger charge is -2.42. The largest absolute Gasteiger partial charge is 0.480 e. The number of likely N-dealkylation sites (N-methyl/N-ethyl adjacent to an activating group) is 1. The second-order valence-corrected chi connectivity index (χ2v) is 7.42. The SMILES string of the molecule is CCCN1CCC(CNC(=O)NC2CC(N(CC)CC(=O)O)C2)CC1. The van der Waals surface area contributed by atoms with Gasteiger partial charge in [0.1, 0.15) is 0 Å². The zero-order valence-electron chi connectivity index (χ0n) is 15.7. The molecule has 0 atom stereocenters. The number of nitrogens with zero attached hydrogens (tertiary/aromatic N) is 2. The molecule has 0 aromatic heterocycles. The Balaban J connectivity index is 1.57. The van der Waals surface area contributed by atoms with Gasteiger partial charge < -0.3 is 20.6 Å². The van der Waals surface area contributed by atoms with Crippen LogP contribution in [0.1, 0.15) is 46.0 Å². The summed E-state index contributed by atoms with van der Waals surface area (Å²) in [5, 5.41) is 14.9. The summed E-state index contributed by atoms with van der Waals surface area (Å²) in [6, 6.07) is 0.356. The summed E-state index contributed by atoms with van der Waals surface area (Å²) in [4.78, 5) is 27.3. The molecule has 0 radical (unpaired) electrons. The number of carboxylic acids is 1. The minimum Gasteiger partial charge on any atom is -0.480 e. The maximum atomic E-state index is 12.0. The smallest absolute Gasteiger partial charge is 0.317 e. The molecule has 2 amide bonds. The van der Waals surface area contributed by atoms with E-state index >= 15 is 0 Å². The summed E-state index contributed by atoms with van der Waals surface area (Å²) >= 11 is 0. The Hall–Kier alpha value is -1.34. The molecule has 0 spiro atoms. The van der Waals surface area contributed by atoms with E-state index in [4.69, 9.17) is 5.11 Å². The monoisotopic (exact) mass is 354 g/mol. The molecule has 144 valence electrons. The van der Waals surface area contributed by atoms with Crippen LogP contribution in [-0.4, -0.2) is 78.3 Å². The third-order valence-corrected chi connectivity index (χ3v) is 5.51.